The predicted octanol–water partition coefficient (Wildman–Crippen LogP) is 1.58. The van der Waals surface area contributed by atoms with Crippen molar-refractivity contribution in [3.63, 3.8) is 0 Å². The molecule has 1 aromatic heterocycles. The average molecular weight is 294 g/mol. The lowest BCUT2D eigenvalue weighted by Crippen LogP contribution is -2.14. The fourth-order valence-electron chi connectivity index (χ4n) is 1.79. The molecule has 0 radical (unpaired) electrons. The summed E-state index contributed by atoms with van der Waals surface area (Å²) in [6, 6.07) is 7.30. The molecular formula is C13H18N4O2S. The Labute approximate surface area is 118 Å². The van der Waals surface area contributed by atoms with Gasteiger partial charge in [-0.1, -0.05) is 12.1 Å². The van der Waals surface area contributed by atoms with Crippen LogP contribution in [0.1, 0.15) is 11.4 Å². The number of hydrogen-bond donors (Lipinski definition) is 2. The predicted molar refractivity (Wildman–Crippen MR) is 78.0 cm³/mol. The Balaban J connectivity index is 2.13. The summed E-state index contributed by atoms with van der Waals surface area (Å²) >= 11 is 0. The molecule has 2 rings (SSSR count). The summed E-state index contributed by atoms with van der Waals surface area (Å²) in [5.41, 5.74) is 1.65. The van der Waals surface area contributed by atoms with Crippen molar-refractivity contribution >= 4 is 15.7 Å². The third kappa shape index (κ3) is 3.58. The molecule has 0 bridgehead atoms. The van der Waals surface area contributed by atoms with Gasteiger partial charge in [0.15, 0.2) is 5.03 Å². The number of aromatic nitrogens is 2. The molecule has 2 N–H and O–H groups in total. The minimum Gasteiger partial charge on any atom is -0.332 e. The Hall–Kier alpha value is -1.86. The number of hydrogen-bond acceptors (Lipinski definition) is 4. The van der Waals surface area contributed by atoms with Crippen molar-refractivity contribution in [2.24, 2.45) is 0 Å². The highest BCUT2D eigenvalue weighted by molar-refractivity contribution is 7.92. The van der Waals surface area contributed by atoms with Gasteiger partial charge in [-0.25, -0.2) is 4.98 Å². The van der Waals surface area contributed by atoms with Gasteiger partial charge in [0, 0.05) is 12.2 Å². The van der Waals surface area contributed by atoms with Gasteiger partial charge in [0.05, 0.1) is 6.20 Å². The average Bonchev–Trinajstić information content (AvgIpc) is 2.78. The van der Waals surface area contributed by atoms with Crippen molar-refractivity contribution in [2.75, 3.05) is 18.8 Å². The van der Waals surface area contributed by atoms with E-state index in [-0.39, 0.29) is 5.03 Å². The number of benzene rings is 1. The highest BCUT2D eigenvalue weighted by Crippen LogP contribution is 2.15. The molecule has 0 fully saturated rings. The largest absolute Gasteiger partial charge is 0.332 e. The van der Waals surface area contributed by atoms with E-state index in [0.717, 1.165) is 12.1 Å². The van der Waals surface area contributed by atoms with Gasteiger partial charge in [-0.15, -0.1) is 0 Å². The van der Waals surface area contributed by atoms with Crippen LogP contribution in [0.4, 0.5) is 5.69 Å². The summed E-state index contributed by atoms with van der Waals surface area (Å²) < 4.78 is 26.7. The van der Waals surface area contributed by atoms with Crippen molar-refractivity contribution < 1.29 is 8.42 Å². The number of H-pyrrole nitrogens is 1. The van der Waals surface area contributed by atoms with Crippen molar-refractivity contribution in [2.45, 2.75) is 18.5 Å². The van der Waals surface area contributed by atoms with Crippen LogP contribution in [-0.2, 0) is 16.6 Å². The van der Waals surface area contributed by atoms with Gasteiger partial charge in [-0.3, -0.25) is 4.72 Å². The molecule has 0 amide bonds. The SMILES string of the molecule is Cc1ncc(S(=O)(=O)Nc2ccc(CN(C)C)cc2)[nH]1. The van der Waals surface area contributed by atoms with Crippen molar-refractivity contribution in [3.8, 4) is 0 Å². The number of anilines is 1. The zero-order valence-corrected chi connectivity index (χ0v) is 12.5. The summed E-state index contributed by atoms with van der Waals surface area (Å²) in [7, 11) is 0.360. The van der Waals surface area contributed by atoms with Crippen LogP contribution >= 0.6 is 0 Å². The van der Waals surface area contributed by atoms with Gasteiger partial charge in [0.25, 0.3) is 10.0 Å². The van der Waals surface area contributed by atoms with Crippen LogP contribution in [0.5, 0.6) is 0 Å². The van der Waals surface area contributed by atoms with Crippen molar-refractivity contribution in [3.05, 3.63) is 41.9 Å². The summed E-state index contributed by atoms with van der Waals surface area (Å²) in [5.74, 6) is 0.562. The van der Waals surface area contributed by atoms with Gasteiger partial charge in [-0.2, -0.15) is 8.42 Å². The molecule has 0 saturated carbocycles. The molecule has 0 spiro atoms. The lowest BCUT2D eigenvalue weighted by molar-refractivity contribution is 0.402. The monoisotopic (exact) mass is 294 g/mol. The normalized spacial score (nSPS) is 11.8. The fraction of sp³-hybridized carbons (Fsp3) is 0.308. The molecule has 1 aromatic carbocycles. The van der Waals surface area contributed by atoms with Gasteiger partial charge in [0.2, 0.25) is 0 Å². The Kier molecular flexibility index (Phi) is 4.10. The zero-order valence-electron chi connectivity index (χ0n) is 11.7. The highest BCUT2D eigenvalue weighted by Gasteiger charge is 2.16. The maximum absolute atomic E-state index is 12.1. The second-order valence-corrected chi connectivity index (χ2v) is 6.52. The van der Waals surface area contributed by atoms with Crippen molar-refractivity contribution in [1.29, 1.82) is 0 Å². The van der Waals surface area contributed by atoms with E-state index in [1.54, 1.807) is 19.1 Å². The summed E-state index contributed by atoms with van der Waals surface area (Å²) in [6.45, 7) is 2.52. The van der Waals surface area contributed by atoms with Gasteiger partial charge >= 0.3 is 0 Å². The van der Waals surface area contributed by atoms with E-state index in [4.69, 9.17) is 0 Å². The van der Waals surface area contributed by atoms with E-state index in [1.807, 2.05) is 31.1 Å². The molecule has 0 aliphatic heterocycles. The van der Waals surface area contributed by atoms with Crippen LogP contribution in [0.3, 0.4) is 0 Å². The number of nitrogens with zero attached hydrogens (tertiary/aromatic N) is 2. The molecule has 108 valence electrons. The van der Waals surface area contributed by atoms with Crippen molar-refractivity contribution in [1.82, 2.24) is 14.9 Å². The third-order valence-electron chi connectivity index (χ3n) is 2.67. The topological polar surface area (TPSA) is 78.1 Å². The molecule has 0 unspecified atom stereocenters. The lowest BCUT2D eigenvalue weighted by atomic mass is 10.2. The van der Waals surface area contributed by atoms with E-state index >= 15 is 0 Å². The highest BCUT2D eigenvalue weighted by atomic mass is 32.2. The Bertz CT molecular complexity index is 675. The standard InChI is InChI=1S/C13H18N4O2S/c1-10-14-8-13(15-10)20(18,19)16-12-6-4-11(5-7-12)9-17(2)3/h4-8,16H,9H2,1-3H3,(H,14,15). The van der Waals surface area contributed by atoms with E-state index in [9.17, 15) is 8.42 Å². The lowest BCUT2D eigenvalue weighted by Gasteiger charge is -2.11. The first-order chi connectivity index (χ1) is 9.37. The smallest absolute Gasteiger partial charge is 0.278 e. The number of rotatable bonds is 5. The maximum Gasteiger partial charge on any atom is 0.278 e. The van der Waals surface area contributed by atoms with Crippen LogP contribution in [0, 0.1) is 6.92 Å². The second kappa shape index (κ2) is 5.64. The zero-order chi connectivity index (χ0) is 14.8. The third-order valence-corrected chi connectivity index (χ3v) is 3.96. The molecule has 0 atom stereocenters. The first-order valence-corrected chi connectivity index (χ1v) is 7.63. The summed E-state index contributed by atoms with van der Waals surface area (Å²) in [6.07, 6.45) is 1.30. The summed E-state index contributed by atoms with van der Waals surface area (Å²) in [4.78, 5) is 8.65. The molecule has 0 aliphatic rings. The van der Waals surface area contributed by atoms with Crippen LogP contribution in [-0.4, -0.2) is 37.4 Å². The number of sulfonamides is 1. The first-order valence-electron chi connectivity index (χ1n) is 6.15. The molecule has 2 aromatic rings. The minimum absolute atomic E-state index is 0.0624. The van der Waals surface area contributed by atoms with E-state index in [1.165, 1.54) is 6.20 Å². The van der Waals surface area contributed by atoms with E-state index < -0.39 is 10.0 Å². The number of aromatic amines is 1. The second-order valence-electron chi connectivity index (χ2n) is 4.87. The Morgan fingerprint density at radius 1 is 1.25 bits per heavy atom. The quantitative estimate of drug-likeness (QED) is 0.877. The van der Waals surface area contributed by atoms with Gasteiger partial charge in [0.1, 0.15) is 5.82 Å². The fourth-order valence-corrected chi connectivity index (χ4v) is 2.82. The molecule has 6 nitrogen and oxygen atoms in total. The van der Waals surface area contributed by atoms with Crippen LogP contribution < -0.4 is 4.72 Å². The van der Waals surface area contributed by atoms with Gasteiger partial charge in [-0.05, 0) is 38.7 Å². The number of aryl methyl sites for hydroxylation is 1. The Morgan fingerprint density at radius 2 is 1.90 bits per heavy atom. The number of imidazole rings is 1. The molecule has 20 heavy (non-hydrogen) atoms. The van der Waals surface area contributed by atoms with E-state index in [2.05, 4.69) is 14.7 Å². The minimum atomic E-state index is -3.61. The molecule has 7 heteroatoms. The van der Waals surface area contributed by atoms with Crippen LogP contribution in [0.25, 0.3) is 0 Å². The molecule has 0 saturated heterocycles. The molecule has 0 aliphatic carbocycles. The van der Waals surface area contributed by atoms with Crippen LogP contribution in [0.15, 0.2) is 35.5 Å². The van der Waals surface area contributed by atoms with Gasteiger partial charge < -0.3 is 9.88 Å². The summed E-state index contributed by atoms with van der Waals surface area (Å²) in [5, 5.41) is 0.0624. The molecule has 1 heterocycles. The molecular weight excluding hydrogens is 276 g/mol. The Morgan fingerprint density at radius 3 is 2.40 bits per heavy atom. The van der Waals surface area contributed by atoms with Crippen LogP contribution in [0.2, 0.25) is 0 Å². The maximum atomic E-state index is 12.1. The first kappa shape index (κ1) is 14.5. The number of nitrogens with one attached hydrogen (secondary N) is 2. The van der Waals surface area contributed by atoms with E-state index in [0.29, 0.717) is 11.5 Å².